The number of nitrogens with two attached hydrogens (primary N) is 1. The number of rotatable bonds is 2. The van der Waals surface area contributed by atoms with Crippen molar-refractivity contribution in [2.45, 2.75) is 20.0 Å². The van der Waals surface area contributed by atoms with Crippen molar-refractivity contribution in [2.75, 3.05) is 5.73 Å². The third-order valence-corrected chi connectivity index (χ3v) is 3.08. The maximum absolute atomic E-state index is 10.4. The van der Waals surface area contributed by atoms with Gasteiger partial charge in [-0.3, -0.25) is 4.68 Å². The summed E-state index contributed by atoms with van der Waals surface area (Å²) in [4.78, 5) is 4.01. The van der Waals surface area contributed by atoms with E-state index in [1.54, 1.807) is 17.1 Å². The maximum Gasteiger partial charge on any atom is 0.129 e. The summed E-state index contributed by atoms with van der Waals surface area (Å²) in [5, 5.41) is 14.5. The van der Waals surface area contributed by atoms with Gasteiger partial charge in [0.2, 0.25) is 0 Å². The van der Waals surface area contributed by atoms with Gasteiger partial charge in [-0.2, -0.15) is 5.10 Å². The van der Waals surface area contributed by atoms with Crippen molar-refractivity contribution in [3.8, 4) is 0 Å². The van der Waals surface area contributed by atoms with Crippen LogP contribution < -0.4 is 5.73 Å². The summed E-state index contributed by atoms with van der Waals surface area (Å²) in [5.41, 5.74) is 9.07. The molecule has 1 unspecified atom stereocenters. The van der Waals surface area contributed by atoms with Crippen molar-refractivity contribution in [1.29, 1.82) is 0 Å². The van der Waals surface area contributed by atoms with Crippen LogP contribution in [0.4, 0.5) is 5.82 Å². The number of anilines is 1. The summed E-state index contributed by atoms with van der Waals surface area (Å²) in [6, 6.07) is 1.83. The van der Waals surface area contributed by atoms with E-state index in [0.29, 0.717) is 11.4 Å². The Kier molecular flexibility index (Phi) is 2.85. The van der Waals surface area contributed by atoms with Gasteiger partial charge in [-0.25, -0.2) is 4.98 Å². The molecule has 0 radical (unpaired) electrons. The summed E-state index contributed by atoms with van der Waals surface area (Å²) in [6.45, 7) is 3.82. The first-order valence-corrected chi connectivity index (χ1v) is 5.40. The van der Waals surface area contributed by atoms with E-state index >= 15 is 0 Å². The van der Waals surface area contributed by atoms with Crippen molar-refractivity contribution in [3.63, 3.8) is 0 Å². The van der Waals surface area contributed by atoms with Gasteiger partial charge in [0.15, 0.2) is 0 Å². The molecule has 0 amide bonds. The Balaban J connectivity index is 2.51. The smallest absolute Gasteiger partial charge is 0.129 e. The molecule has 0 saturated carbocycles. The number of aromatic nitrogens is 3. The predicted molar refractivity (Wildman–Crippen MR) is 65.4 cm³/mol. The summed E-state index contributed by atoms with van der Waals surface area (Å²) < 4.78 is 1.72. The number of nitrogens with zero attached hydrogens (tertiary/aromatic N) is 3. The minimum Gasteiger partial charge on any atom is -0.383 e. The normalized spacial score (nSPS) is 12.7. The molecule has 0 bridgehead atoms. The Labute approximate surface area is 99.9 Å². The monoisotopic (exact) mass is 232 g/mol. The quantitative estimate of drug-likeness (QED) is 0.812. The van der Waals surface area contributed by atoms with Crippen molar-refractivity contribution in [2.24, 2.45) is 7.05 Å². The van der Waals surface area contributed by atoms with Crippen LogP contribution in [0.1, 0.15) is 28.5 Å². The van der Waals surface area contributed by atoms with Gasteiger partial charge in [0.25, 0.3) is 0 Å². The zero-order chi connectivity index (χ0) is 12.6. The Morgan fingerprint density at radius 2 is 2.12 bits per heavy atom. The van der Waals surface area contributed by atoms with Gasteiger partial charge in [-0.1, -0.05) is 0 Å². The number of pyridine rings is 1. The second-order valence-electron chi connectivity index (χ2n) is 4.14. The number of nitrogen functional groups attached to an aromatic ring is 1. The third kappa shape index (κ3) is 1.89. The molecular formula is C12H16N4O. The van der Waals surface area contributed by atoms with Crippen LogP contribution in [0.25, 0.3) is 0 Å². The summed E-state index contributed by atoms with van der Waals surface area (Å²) in [6.07, 6.45) is 2.51. The fraction of sp³-hybridized carbons (Fsp3) is 0.333. The van der Waals surface area contributed by atoms with E-state index in [2.05, 4.69) is 10.1 Å². The maximum atomic E-state index is 10.4. The van der Waals surface area contributed by atoms with Crippen LogP contribution >= 0.6 is 0 Å². The summed E-state index contributed by atoms with van der Waals surface area (Å²) in [7, 11) is 1.84. The van der Waals surface area contributed by atoms with Crippen molar-refractivity contribution >= 4 is 5.82 Å². The molecule has 17 heavy (non-hydrogen) atoms. The molecule has 2 aromatic heterocycles. The molecule has 2 rings (SSSR count). The average Bonchev–Trinajstić information content (AvgIpc) is 2.59. The zero-order valence-corrected chi connectivity index (χ0v) is 10.2. The van der Waals surface area contributed by atoms with Gasteiger partial charge in [-0.05, 0) is 25.5 Å². The average molecular weight is 232 g/mol. The molecule has 2 heterocycles. The van der Waals surface area contributed by atoms with E-state index in [1.807, 2.05) is 27.0 Å². The van der Waals surface area contributed by atoms with Crippen LogP contribution in [-0.4, -0.2) is 19.9 Å². The summed E-state index contributed by atoms with van der Waals surface area (Å²) in [5.74, 6) is 0.362. The lowest BCUT2D eigenvalue weighted by atomic mass is 9.99. The van der Waals surface area contributed by atoms with E-state index in [0.717, 1.165) is 16.8 Å². The third-order valence-electron chi connectivity index (χ3n) is 3.08. The van der Waals surface area contributed by atoms with Gasteiger partial charge < -0.3 is 10.8 Å². The fourth-order valence-electron chi connectivity index (χ4n) is 1.89. The van der Waals surface area contributed by atoms with Gasteiger partial charge in [-0.15, -0.1) is 0 Å². The minimum absolute atomic E-state index is 0.362. The van der Waals surface area contributed by atoms with E-state index in [1.165, 1.54) is 0 Å². The molecule has 0 aliphatic rings. The molecule has 90 valence electrons. The van der Waals surface area contributed by atoms with Gasteiger partial charge in [0.1, 0.15) is 11.9 Å². The topological polar surface area (TPSA) is 77.0 Å². The summed E-state index contributed by atoms with van der Waals surface area (Å²) >= 11 is 0. The Morgan fingerprint density at radius 1 is 1.41 bits per heavy atom. The number of hydrogen-bond donors (Lipinski definition) is 2. The van der Waals surface area contributed by atoms with Crippen LogP contribution in [0.15, 0.2) is 18.5 Å². The van der Waals surface area contributed by atoms with Gasteiger partial charge in [0.05, 0.1) is 6.20 Å². The molecule has 0 aliphatic carbocycles. The molecule has 5 heteroatoms. The van der Waals surface area contributed by atoms with Crippen LogP contribution in [0.3, 0.4) is 0 Å². The highest BCUT2D eigenvalue weighted by atomic mass is 16.3. The molecule has 1 atom stereocenters. The first-order chi connectivity index (χ1) is 8.02. The Bertz CT molecular complexity index is 527. The molecule has 0 saturated heterocycles. The first kappa shape index (κ1) is 11.6. The molecule has 0 aromatic carbocycles. The molecular weight excluding hydrogens is 216 g/mol. The van der Waals surface area contributed by atoms with Crippen LogP contribution in [0.5, 0.6) is 0 Å². The highest BCUT2D eigenvalue weighted by Gasteiger charge is 2.20. The highest BCUT2D eigenvalue weighted by Crippen LogP contribution is 2.29. The first-order valence-electron chi connectivity index (χ1n) is 5.40. The molecule has 5 nitrogen and oxygen atoms in total. The minimum atomic E-state index is -0.780. The number of aliphatic hydroxyl groups is 1. The second-order valence-corrected chi connectivity index (χ2v) is 4.14. The lowest BCUT2D eigenvalue weighted by Crippen LogP contribution is -2.08. The standard InChI is InChI=1S/C12H16N4O/c1-7-4-5-14-12(13)10(7)11(17)9-6-15-16(3)8(9)2/h4-6,11,17H,1-3H3,(H2,13,14). The largest absolute Gasteiger partial charge is 0.383 e. The van der Waals surface area contributed by atoms with Crippen molar-refractivity contribution in [3.05, 3.63) is 40.8 Å². The number of aryl methyl sites for hydroxylation is 2. The van der Waals surface area contributed by atoms with Gasteiger partial charge >= 0.3 is 0 Å². The molecule has 0 aliphatic heterocycles. The fourth-order valence-corrected chi connectivity index (χ4v) is 1.89. The van der Waals surface area contributed by atoms with E-state index < -0.39 is 6.10 Å². The number of hydrogen-bond acceptors (Lipinski definition) is 4. The lowest BCUT2D eigenvalue weighted by Gasteiger charge is -2.15. The second kappa shape index (κ2) is 4.18. The van der Waals surface area contributed by atoms with E-state index in [4.69, 9.17) is 5.73 Å². The molecule has 0 fully saturated rings. The van der Waals surface area contributed by atoms with Crippen LogP contribution in [0.2, 0.25) is 0 Å². The molecule has 2 aromatic rings. The number of aliphatic hydroxyl groups excluding tert-OH is 1. The lowest BCUT2D eigenvalue weighted by molar-refractivity contribution is 0.219. The van der Waals surface area contributed by atoms with Crippen molar-refractivity contribution < 1.29 is 5.11 Å². The zero-order valence-electron chi connectivity index (χ0n) is 10.2. The molecule has 3 N–H and O–H groups in total. The van der Waals surface area contributed by atoms with Gasteiger partial charge in [0, 0.05) is 30.1 Å². The van der Waals surface area contributed by atoms with Crippen LogP contribution in [0, 0.1) is 13.8 Å². The molecule has 0 spiro atoms. The SMILES string of the molecule is Cc1ccnc(N)c1C(O)c1cnn(C)c1C. The van der Waals surface area contributed by atoms with Crippen molar-refractivity contribution in [1.82, 2.24) is 14.8 Å². The van der Waals surface area contributed by atoms with Crippen LogP contribution in [-0.2, 0) is 7.05 Å². The van der Waals surface area contributed by atoms with E-state index in [9.17, 15) is 5.11 Å². The Hall–Kier alpha value is -1.88. The Morgan fingerprint density at radius 3 is 2.65 bits per heavy atom. The predicted octanol–water partition coefficient (Wildman–Crippen LogP) is 1.10. The van der Waals surface area contributed by atoms with E-state index in [-0.39, 0.29) is 0 Å². The highest BCUT2D eigenvalue weighted by molar-refractivity contribution is 5.49.